The molecule has 15 heavy (non-hydrogen) atoms. The summed E-state index contributed by atoms with van der Waals surface area (Å²) in [6.45, 7) is 4.02. The molecule has 1 saturated heterocycles. The first-order valence-electron chi connectivity index (χ1n) is 5.00. The van der Waals surface area contributed by atoms with Crippen molar-refractivity contribution in [2.75, 3.05) is 13.1 Å². The molecule has 0 spiro atoms. The van der Waals surface area contributed by atoms with Gasteiger partial charge in [-0.3, -0.25) is 0 Å². The Labute approximate surface area is 95.9 Å². The lowest BCUT2D eigenvalue weighted by atomic mass is 10.1. The molecule has 4 nitrogen and oxygen atoms in total. The molecule has 0 unspecified atom stereocenters. The largest absolute Gasteiger partial charge is 0.460 e. The third-order valence-electron chi connectivity index (χ3n) is 2.32. The highest BCUT2D eigenvalue weighted by Gasteiger charge is 2.15. The minimum Gasteiger partial charge on any atom is -0.460 e. The Morgan fingerprint density at radius 3 is 2.47 bits per heavy atom. The molecule has 1 fully saturated rings. The highest BCUT2D eigenvalue weighted by Crippen LogP contribution is 2.11. The van der Waals surface area contributed by atoms with E-state index in [4.69, 9.17) is 4.74 Å². The number of ether oxygens (including phenoxy) is 1. The smallest absolute Gasteiger partial charge is 0.316 e. The monoisotopic (exact) mass is 229 g/mol. The van der Waals surface area contributed by atoms with E-state index in [2.05, 4.69) is 15.3 Å². The lowest BCUT2D eigenvalue weighted by Crippen LogP contribution is -2.34. The van der Waals surface area contributed by atoms with Crippen molar-refractivity contribution in [1.29, 1.82) is 0 Å². The van der Waals surface area contributed by atoms with Gasteiger partial charge in [0.25, 0.3) is 0 Å². The van der Waals surface area contributed by atoms with Gasteiger partial charge in [-0.2, -0.15) is 0 Å². The van der Waals surface area contributed by atoms with Crippen molar-refractivity contribution in [3.8, 4) is 6.01 Å². The molecule has 1 aromatic heterocycles. The van der Waals surface area contributed by atoms with E-state index in [1.54, 1.807) is 12.4 Å². The van der Waals surface area contributed by atoms with E-state index in [0.717, 1.165) is 31.5 Å². The fourth-order valence-electron chi connectivity index (χ4n) is 1.50. The Morgan fingerprint density at radius 1 is 1.27 bits per heavy atom. The second-order valence-corrected chi connectivity index (χ2v) is 3.61. The normalized spacial score (nSPS) is 16.9. The zero-order valence-corrected chi connectivity index (χ0v) is 9.59. The van der Waals surface area contributed by atoms with Crippen molar-refractivity contribution in [1.82, 2.24) is 15.3 Å². The predicted octanol–water partition coefficient (Wildman–Crippen LogP) is 1.34. The van der Waals surface area contributed by atoms with E-state index in [0.29, 0.717) is 6.01 Å². The number of piperidine rings is 1. The molecule has 0 amide bonds. The minimum atomic E-state index is 0. The van der Waals surface area contributed by atoms with Crippen molar-refractivity contribution in [3.05, 3.63) is 18.0 Å². The summed E-state index contributed by atoms with van der Waals surface area (Å²) in [7, 11) is 0. The fourth-order valence-corrected chi connectivity index (χ4v) is 1.50. The quantitative estimate of drug-likeness (QED) is 0.832. The lowest BCUT2D eigenvalue weighted by molar-refractivity contribution is 0.148. The van der Waals surface area contributed by atoms with Gasteiger partial charge in [-0.1, -0.05) is 0 Å². The average molecular weight is 230 g/mol. The highest BCUT2D eigenvalue weighted by molar-refractivity contribution is 5.85. The van der Waals surface area contributed by atoms with Gasteiger partial charge in [0, 0.05) is 12.4 Å². The number of halogens is 1. The van der Waals surface area contributed by atoms with Crippen molar-refractivity contribution < 1.29 is 4.74 Å². The van der Waals surface area contributed by atoms with Crippen LogP contribution in [0.3, 0.4) is 0 Å². The number of hydrogen-bond acceptors (Lipinski definition) is 4. The van der Waals surface area contributed by atoms with Crippen LogP contribution >= 0.6 is 12.4 Å². The van der Waals surface area contributed by atoms with E-state index < -0.39 is 0 Å². The van der Waals surface area contributed by atoms with Crippen molar-refractivity contribution in [2.24, 2.45) is 0 Å². The Kier molecular flexibility index (Phi) is 4.78. The molecule has 1 aliphatic heterocycles. The topological polar surface area (TPSA) is 47.0 Å². The molecule has 0 saturated carbocycles. The van der Waals surface area contributed by atoms with Gasteiger partial charge in [-0.25, -0.2) is 9.97 Å². The van der Waals surface area contributed by atoms with E-state index >= 15 is 0 Å². The fraction of sp³-hybridized carbons (Fsp3) is 0.600. The molecular weight excluding hydrogens is 214 g/mol. The first-order valence-corrected chi connectivity index (χ1v) is 5.00. The standard InChI is InChI=1S/C10H15N3O.ClH/c1-8-6-12-10(13-7-8)14-9-2-4-11-5-3-9;/h6-7,9,11H,2-5H2,1H3;1H. The Bertz CT molecular complexity index is 285. The second-order valence-electron chi connectivity index (χ2n) is 3.61. The van der Waals surface area contributed by atoms with Crippen molar-refractivity contribution in [2.45, 2.75) is 25.9 Å². The van der Waals surface area contributed by atoms with E-state index in [9.17, 15) is 0 Å². The number of rotatable bonds is 2. The highest BCUT2D eigenvalue weighted by atomic mass is 35.5. The molecule has 0 aromatic carbocycles. The minimum absolute atomic E-state index is 0. The van der Waals surface area contributed by atoms with Gasteiger partial charge in [0.1, 0.15) is 6.10 Å². The maximum Gasteiger partial charge on any atom is 0.316 e. The van der Waals surface area contributed by atoms with Crippen LogP contribution in [0.15, 0.2) is 12.4 Å². The van der Waals surface area contributed by atoms with Crippen LogP contribution < -0.4 is 10.1 Å². The maximum absolute atomic E-state index is 5.65. The van der Waals surface area contributed by atoms with Crippen LogP contribution in [0.25, 0.3) is 0 Å². The molecule has 0 bridgehead atoms. The SMILES string of the molecule is Cc1cnc(OC2CCNCC2)nc1.Cl. The van der Waals surface area contributed by atoms with Crippen LogP contribution in [0.4, 0.5) is 0 Å². The van der Waals surface area contributed by atoms with Gasteiger partial charge in [-0.15, -0.1) is 12.4 Å². The Balaban J connectivity index is 0.00000112. The van der Waals surface area contributed by atoms with Gasteiger partial charge in [0.15, 0.2) is 0 Å². The lowest BCUT2D eigenvalue weighted by Gasteiger charge is -2.22. The third kappa shape index (κ3) is 3.64. The molecule has 1 aromatic rings. The third-order valence-corrected chi connectivity index (χ3v) is 2.32. The van der Waals surface area contributed by atoms with Crippen molar-refractivity contribution >= 4 is 12.4 Å². The van der Waals surface area contributed by atoms with Crippen molar-refractivity contribution in [3.63, 3.8) is 0 Å². The summed E-state index contributed by atoms with van der Waals surface area (Å²) in [6, 6.07) is 0.502. The van der Waals surface area contributed by atoms with Crippen LogP contribution in [0.5, 0.6) is 6.01 Å². The molecule has 0 radical (unpaired) electrons. The number of aromatic nitrogens is 2. The van der Waals surface area contributed by atoms with E-state index in [-0.39, 0.29) is 18.5 Å². The van der Waals surface area contributed by atoms with Gasteiger partial charge in [0.2, 0.25) is 0 Å². The number of aryl methyl sites for hydroxylation is 1. The van der Waals surface area contributed by atoms with Crippen LogP contribution in [-0.4, -0.2) is 29.2 Å². The zero-order chi connectivity index (χ0) is 9.80. The molecule has 2 rings (SSSR count). The Morgan fingerprint density at radius 2 is 1.87 bits per heavy atom. The predicted molar refractivity (Wildman–Crippen MR) is 60.5 cm³/mol. The molecular formula is C10H16ClN3O. The van der Waals surface area contributed by atoms with Gasteiger partial charge in [-0.05, 0) is 38.4 Å². The molecule has 5 heteroatoms. The molecule has 1 N–H and O–H groups in total. The van der Waals surface area contributed by atoms with Crippen LogP contribution in [-0.2, 0) is 0 Å². The molecule has 0 atom stereocenters. The van der Waals surface area contributed by atoms with E-state index in [1.807, 2.05) is 6.92 Å². The first kappa shape index (κ1) is 12.2. The number of nitrogens with zero attached hydrogens (tertiary/aromatic N) is 2. The Hall–Kier alpha value is -0.870. The summed E-state index contributed by atoms with van der Waals surface area (Å²) in [5, 5.41) is 3.29. The summed E-state index contributed by atoms with van der Waals surface area (Å²) < 4.78 is 5.65. The molecule has 2 heterocycles. The second kappa shape index (κ2) is 5.88. The number of hydrogen-bond donors (Lipinski definition) is 1. The van der Waals surface area contributed by atoms with E-state index in [1.165, 1.54) is 0 Å². The summed E-state index contributed by atoms with van der Waals surface area (Å²) in [4.78, 5) is 8.24. The summed E-state index contributed by atoms with van der Waals surface area (Å²) in [6.07, 6.45) is 5.92. The first-order chi connectivity index (χ1) is 6.84. The maximum atomic E-state index is 5.65. The van der Waals surface area contributed by atoms with Crippen LogP contribution in [0, 0.1) is 6.92 Å². The average Bonchev–Trinajstić information content (AvgIpc) is 2.23. The van der Waals surface area contributed by atoms with Crippen LogP contribution in [0.1, 0.15) is 18.4 Å². The molecule has 0 aliphatic carbocycles. The zero-order valence-electron chi connectivity index (χ0n) is 8.77. The van der Waals surface area contributed by atoms with Gasteiger partial charge in [0.05, 0.1) is 0 Å². The summed E-state index contributed by atoms with van der Waals surface area (Å²) >= 11 is 0. The molecule has 1 aliphatic rings. The summed E-state index contributed by atoms with van der Waals surface area (Å²) in [5.41, 5.74) is 1.06. The number of nitrogens with one attached hydrogen (secondary N) is 1. The van der Waals surface area contributed by atoms with Gasteiger partial charge < -0.3 is 10.1 Å². The van der Waals surface area contributed by atoms with Crippen LogP contribution in [0.2, 0.25) is 0 Å². The van der Waals surface area contributed by atoms with Gasteiger partial charge >= 0.3 is 6.01 Å². The molecule has 84 valence electrons. The summed E-state index contributed by atoms with van der Waals surface area (Å²) in [5.74, 6) is 0.